The third-order valence-corrected chi connectivity index (χ3v) is 5.42. The van der Waals surface area contributed by atoms with Gasteiger partial charge in [-0.25, -0.2) is 4.79 Å². The summed E-state index contributed by atoms with van der Waals surface area (Å²) in [5.41, 5.74) is 2.94. The molecule has 1 aliphatic rings. The van der Waals surface area contributed by atoms with Crippen LogP contribution in [0, 0.1) is 18.3 Å². The van der Waals surface area contributed by atoms with Crippen LogP contribution in [0.3, 0.4) is 0 Å². The molecule has 0 atom stereocenters. The third kappa shape index (κ3) is 5.33. The van der Waals surface area contributed by atoms with Crippen LogP contribution >= 0.6 is 0 Å². The number of furan rings is 1. The zero-order chi connectivity index (χ0) is 23.2. The lowest BCUT2D eigenvalue weighted by molar-refractivity contribution is 0.0637. The highest BCUT2D eigenvalue weighted by atomic mass is 16.5. The average Bonchev–Trinajstić information content (AvgIpc) is 3.31. The van der Waals surface area contributed by atoms with Gasteiger partial charge in [-0.3, -0.25) is 4.79 Å². The van der Waals surface area contributed by atoms with Gasteiger partial charge in [0.2, 0.25) is 0 Å². The SMILES string of the molecule is Cc1cccc(NC(=O)N2CCN(C(=O)c3occc3COc3cccc(C#N)c3)CC2)c1. The first-order valence-electron chi connectivity index (χ1n) is 10.6. The van der Waals surface area contributed by atoms with Crippen LogP contribution < -0.4 is 10.1 Å². The Balaban J connectivity index is 1.32. The Labute approximate surface area is 192 Å². The minimum Gasteiger partial charge on any atom is -0.489 e. The number of hydrogen-bond acceptors (Lipinski definition) is 5. The Morgan fingerprint density at radius 3 is 2.58 bits per heavy atom. The second-order valence-electron chi connectivity index (χ2n) is 7.78. The van der Waals surface area contributed by atoms with Gasteiger partial charge in [0.25, 0.3) is 5.91 Å². The maximum Gasteiger partial charge on any atom is 0.321 e. The van der Waals surface area contributed by atoms with Gasteiger partial charge in [-0.05, 0) is 48.9 Å². The van der Waals surface area contributed by atoms with Crippen molar-refractivity contribution in [2.45, 2.75) is 13.5 Å². The number of ether oxygens (including phenoxy) is 1. The molecule has 0 radical (unpaired) electrons. The summed E-state index contributed by atoms with van der Waals surface area (Å²) in [6.07, 6.45) is 1.46. The number of piperazine rings is 1. The number of nitrogens with zero attached hydrogens (tertiary/aromatic N) is 3. The van der Waals surface area contributed by atoms with Crippen molar-refractivity contribution in [1.29, 1.82) is 5.26 Å². The van der Waals surface area contributed by atoms with Gasteiger partial charge in [-0.1, -0.05) is 18.2 Å². The molecule has 8 heteroatoms. The second-order valence-corrected chi connectivity index (χ2v) is 7.78. The lowest BCUT2D eigenvalue weighted by Gasteiger charge is -2.34. The van der Waals surface area contributed by atoms with Crippen LogP contribution in [0.1, 0.15) is 27.2 Å². The predicted octanol–water partition coefficient (Wildman–Crippen LogP) is 4.03. The maximum atomic E-state index is 13.0. The summed E-state index contributed by atoms with van der Waals surface area (Å²) in [6, 6.07) is 18.0. The molecule has 1 aromatic heterocycles. The van der Waals surface area contributed by atoms with E-state index in [0.717, 1.165) is 11.3 Å². The van der Waals surface area contributed by atoms with Crippen LogP contribution in [0.2, 0.25) is 0 Å². The fourth-order valence-corrected chi connectivity index (χ4v) is 3.64. The van der Waals surface area contributed by atoms with Crippen molar-refractivity contribution in [2.24, 2.45) is 0 Å². The highest BCUT2D eigenvalue weighted by molar-refractivity contribution is 5.93. The molecule has 1 N–H and O–H groups in total. The Hall–Kier alpha value is -4.25. The van der Waals surface area contributed by atoms with E-state index >= 15 is 0 Å². The van der Waals surface area contributed by atoms with Crippen LogP contribution in [-0.4, -0.2) is 47.9 Å². The molecule has 168 valence electrons. The first-order chi connectivity index (χ1) is 16.0. The molecule has 1 aliphatic heterocycles. The predicted molar refractivity (Wildman–Crippen MR) is 122 cm³/mol. The number of aryl methyl sites for hydroxylation is 1. The fourth-order valence-electron chi connectivity index (χ4n) is 3.64. The van der Waals surface area contributed by atoms with E-state index in [4.69, 9.17) is 14.4 Å². The summed E-state index contributed by atoms with van der Waals surface area (Å²) in [7, 11) is 0. The number of carbonyl (C=O) groups is 2. The summed E-state index contributed by atoms with van der Waals surface area (Å²) in [6.45, 7) is 3.78. The molecule has 3 aromatic rings. The summed E-state index contributed by atoms with van der Waals surface area (Å²) in [4.78, 5) is 28.9. The van der Waals surface area contributed by atoms with Gasteiger partial charge in [0, 0.05) is 37.4 Å². The molecule has 0 unspecified atom stereocenters. The fraction of sp³-hybridized carbons (Fsp3) is 0.240. The molecule has 0 saturated carbocycles. The summed E-state index contributed by atoms with van der Waals surface area (Å²) >= 11 is 0. The number of urea groups is 1. The van der Waals surface area contributed by atoms with E-state index in [1.54, 1.807) is 40.1 Å². The first kappa shape index (κ1) is 22.0. The molecule has 33 heavy (non-hydrogen) atoms. The van der Waals surface area contributed by atoms with Gasteiger partial charge in [-0.15, -0.1) is 0 Å². The van der Waals surface area contributed by atoms with Gasteiger partial charge in [-0.2, -0.15) is 5.26 Å². The van der Waals surface area contributed by atoms with Gasteiger partial charge in [0.1, 0.15) is 12.4 Å². The number of nitriles is 1. The zero-order valence-electron chi connectivity index (χ0n) is 18.3. The molecule has 3 amide bonds. The monoisotopic (exact) mass is 444 g/mol. The van der Waals surface area contributed by atoms with Crippen LogP contribution in [0.25, 0.3) is 0 Å². The quantitative estimate of drug-likeness (QED) is 0.641. The van der Waals surface area contributed by atoms with E-state index in [0.29, 0.717) is 43.1 Å². The van der Waals surface area contributed by atoms with Crippen molar-refractivity contribution < 1.29 is 18.7 Å². The van der Waals surface area contributed by atoms with E-state index in [-0.39, 0.29) is 24.3 Å². The van der Waals surface area contributed by atoms with Gasteiger partial charge in [0.05, 0.1) is 17.9 Å². The standard InChI is InChI=1S/C25H24N4O4/c1-18-4-2-6-21(14-18)27-25(31)29-11-9-28(10-12-29)24(30)23-20(8-13-32-23)17-33-22-7-3-5-19(15-22)16-26/h2-8,13-15H,9-12,17H2,1H3,(H,27,31). The highest BCUT2D eigenvalue weighted by Crippen LogP contribution is 2.20. The molecular formula is C25H24N4O4. The number of anilines is 1. The van der Waals surface area contributed by atoms with Gasteiger partial charge >= 0.3 is 6.03 Å². The number of hydrogen-bond donors (Lipinski definition) is 1. The lowest BCUT2D eigenvalue weighted by Crippen LogP contribution is -2.51. The maximum absolute atomic E-state index is 13.0. The summed E-state index contributed by atoms with van der Waals surface area (Å²) in [5.74, 6) is 0.536. The van der Waals surface area contributed by atoms with E-state index in [1.807, 2.05) is 31.2 Å². The molecule has 0 aliphatic carbocycles. The molecule has 4 rings (SSSR count). The van der Waals surface area contributed by atoms with Crippen molar-refractivity contribution in [3.05, 3.63) is 83.3 Å². The van der Waals surface area contributed by atoms with Gasteiger partial charge < -0.3 is 24.3 Å². The van der Waals surface area contributed by atoms with Crippen molar-refractivity contribution >= 4 is 17.6 Å². The van der Waals surface area contributed by atoms with Crippen LogP contribution in [0.4, 0.5) is 10.5 Å². The molecule has 1 saturated heterocycles. The summed E-state index contributed by atoms with van der Waals surface area (Å²) in [5, 5.41) is 11.9. The number of nitrogens with one attached hydrogen (secondary N) is 1. The zero-order valence-corrected chi connectivity index (χ0v) is 18.3. The molecule has 8 nitrogen and oxygen atoms in total. The topological polar surface area (TPSA) is 98.8 Å². The molecule has 1 fully saturated rings. The largest absolute Gasteiger partial charge is 0.489 e. The Kier molecular flexibility index (Phi) is 6.60. The molecule has 0 spiro atoms. The minimum atomic E-state index is -0.233. The van der Waals surface area contributed by atoms with E-state index in [9.17, 15) is 9.59 Å². The number of carbonyl (C=O) groups excluding carboxylic acids is 2. The second kappa shape index (κ2) is 9.92. The number of benzene rings is 2. The van der Waals surface area contributed by atoms with E-state index in [2.05, 4.69) is 11.4 Å². The Bertz CT molecular complexity index is 1190. The third-order valence-electron chi connectivity index (χ3n) is 5.42. The number of amides is 3. The van der Waals surface area contributed by atoms with Crippen molar-refractivity contribution in [3.63, 3.8) is 0 Å². The Morgan fingerprint density at radius 1 is 1.06 bits per heavy atom. The molecule has 2 aromatic carbocycles. The van der Waals surface area contributed by atoms with Crippen LogP contribution in [-0.2, 0) is 6.61 Å². The van der Waals surface area contributed by atoms with Gasteiger partial charge in [0.15, 0.2) is 5.76 Å². The molecular weight excluding hydrogens is 420 g/mol. The van der Waals surface area contributed by atoms with Crippen molar-refractivity contribution in [1.82, 2.24) is 9.80 Å². The summed E-state index contributed by atoms with van der Waals surface area (Å²) < 4.78 is 11.2. The molecule has 0 bridgehead atoms. The van der Waals surface area contributed by atoms with Crippen molar-refractivity contribution in [2.75, 3.05) is 31.5 Å². The smallest absolute Gasteiger partial charge is 0.321 e. The normalized spacial score (nSPS) is 13.3. The Morgan fingerprint density at radius 2 is 1.82 bits per heavy atom. The van der Waals surface area contributed by atoms with E-state index in [1.165, 1.54) is 6.26 Å². The van der Waals surface area contributed by atoms with E-state index < -0.39 is 0 Å². The molecule has 2 heterocycles. The first-order valence-corrected chi connectivity index (χ1v) is 10.6. The lowest BCUT2D eigenvalue weighted by atomic mass is 10.2. The van der Waals surface area contributed by atoms with Crippen molar-refractivity contribution in [3.8, 4) is 11.8 Å². The van der Waals surface area contributed by atoms with Crippen LogP contribution in [0.15, 0.2) is 65.3 Å². The minimum absolute atomic E-state index is 0.144. The number of rotatable bonds is 5. The highest BCUT2D eigenvalue weighted by Gasteiger charge is 2.28. The van der Waals surface area contributed by atoms with Crippen LogP contribution in [0.5, 0.6) is 5.75 Å². The average molecular weight is 444 g/mol.